The lowest BCUT2D eigenvalue weighted by Gasteiger charge is -2.19. The highest BCUT2D eigenvalue weighted by atomic mass is 16.6. The van der Waals surface area contributed by atoms with Crippen molar-refractivity contribution in [1.82, 2.24) is 14.5 Å². The van der Waals surface area contributed by atoms with E-state index in [1.807, 2.05) is 28.8 Å². The number of phenols is 2. The van der Waals surface area contributed by atoms with Gasteiger partial charge in [0, 0.05) is 18.3 Å². The Morgan fingerprint density at radius 1 is 0.926 bits per heavy atom. The molecule has 0 saturated carbocycles. The fraction of sp³-hybridized carbons (Fsp3) is 0.100. The van der Waals surface area contributed by atoms with Gasteiger partial charge in [-0.25, -0.2) is 4.98 Å². The summed E-state index contributed by atoms with van der Waals surface area (Å²) in [7, 11) is 0. The molecule has 0 atom stereocenters. The van der Waals surface area contributed by atoms with E-state index in [1.165, 1.54) is 12.1 Å². The molecule has 2 N–H and O–H groups in total. The van der Waals surface area contributed by atoms with Crippen molar-refractivity contribution in [2.75, 3.05) is 13.2 Å². The molecule has 3 heterocycles. The number of pyridine rings is 1. The van der Waals surface area contributed by atoms with Crippen LogP contribution in [0, 0.1) is 0 Å². The number of fused-ring (bicyclic) bond motifs is 2. The van der Waals surface area contributed by atoms with Crippen LogP contribution in [0.2, 0.25) is 0 Å². The van der Waals surface area contributed by atoms with Gasteiger partial charge in [-0.1, -0.05) is 0 Å². The number of hydrogen-bond acceptors (Lipinski definition) is 6. The molecule has 27 heavy (non-hydrogen) atoms. The lowest BCUT2D eigenvalue weighted by molar-refractivity contribution is 0.171. The van der Waals surface area contributed by atoms with Crippen molar-refractivity contribution < 1.29 is 19.7 Å². The number of nitrogens with zero attached hydrogens (tertiary/aromatic N) is 3. The molecule has 0 fully saturated rings. The summed E-state index contributed by atoms with van der Waals surface area (Å²) in [6, 6.07) is 12.0. The molecule has 7 nitrogen and oxygen atoms in total. The van der Waals surface area contributed by atoms with Crippen LogP contribution in [-0.2, 0) is 0 Å². The summed E-state index contributed by atoms with van der Waals surface area (Å²) in [5, 5.41) is 20.0. The predicted molar refractivity (Wildman–Crippen MR) is 98.6 cm³/mol. The lowest BCUT2D eigenvalue weighted by Crippen LogP contribution is -2.15. The SMILES string of the molecule is Oc1ccc(-c2nc3cnccc3n2-c2ccc3c(c2)OCCO3)c(O)c1. The summed E-state index contributed by atoms with van der Waals surface area (Å²) in [6.07, 6.45) is 3.36. The Hall–Kier alpha value is -3.74. The Kier molecular flexibility index (Phi) is 3.39. The Labute approximate surface area is 154 Å². The highest BCUT2D eigenvalue weighted by Crippen LogP contribution is 2.38. The molecule has 0 aliphatic carbocycles. The van der Waals surface area contributed by atoms with Gasteiger partial charge >= 0.3 is 0 Å². The zero-order valence-corrected chi connectivity index (χ0v) is 14.2. The average Bonchev–Trinajstić information content (AvgIpc) is 3.06. The van der Waals surface area contributed by atoms with Gasteiger partial charge in [-0.3, -0.25) is 9.55 Å². The number of hydrogen-bond donors (Lipinski definition) is 2. The highest BCUT2D eigenvalue weighted by molar-refractivity contribution is 5.84. The monoisotopic (exact) mass is 361 g/mol. The van der Waals surface area contributed by atoms with Gasteiger partial charge in [0.1, 0.15) is 36.1 Å². The largest absolute Gasteiger partial charge is 0.508 e. The average molecular weight is 361 g/mol. The van der Waals surface area contributed by atoms with Crippen LogP contribution < -0.4 is 9.47 Å². The fourth-order valence-corrected chi connectivity index (χ4v) is 3.25. The number of aromatic hydroxyl groups is 2. The van der Waals surface area contributed by atoms with Crippen molar-refractivity contribution >= 4 is 11.0 Å². The predicted octanol–water partition coefficient (Wildman–Crippen LogP) is 3.27. The van der Waals surface area contributed by atoms with Crippen LogP contribution in [0.3, 0.4) is 0 Å². The molecule has 7 heteroatoms. The van der Waals surface area contributed by atoms with Gasteiger partial charge < -0.3 is 19.7 Å². The first-order valence-electron chi connectivity index (χ1n) is 8.45. The van der Waals surface area contributed by atoms with Gasteiger partial charge in [-0.15, -0.1) is 0 Å². The third-order valence-electron chi connectivity index (χ3n) is 4.46. The number of benzene rings is 2. The van der Waals surface area contributed by atoms with Gasteiger partial charge in [0.25, 0.3) is 0 Å². The van der Waals surface area contributed by atoms with Gasteiger partial charge in [0.15, 0.2) is 11.5 Å². The molecular weight excluding hydrogens is 346 g/mol. The molecule has 0 spiro atoms. The molecule has 1 aliphatic rings. The third kappa shape index (κ3) is 2.52. The van der Waals surface area contributed by atoms with Gasteiger partial charge in [-0.05, 0) is 30.3 Å². The first-order chi connectivity index (χ1) is 13.2. The maximum Gasteiger partial charge on any atom is 0.163 e. The van der Waals surface area contributed by atoms with E-state index in [2.05, 4.69) is 9.97 Å². The van der Waals surface area contributed by atoms with Crippen LogP contribution >= 0.6 is 0 Å². The second-order valence-corrected chi connectivity index (χ2v) is 6.16. The third-order valence-corrected chi connectivity index (χ3v) is 4.46. The number of phenolic OH excluding ortho intramolecular Hbond substituents is 2. The molecule has 4 aromatic rings. The summed E-state index contributed by atoms with van der Waals surface area (Å²) in [5.41, 5.74) is 2.84. The van der Waals surface area contributed by atoms with Crippen LogP contribution in [0.5, 0.6) is 23.0 Å². The van der Waals surface area contributed by atoms with Gasteiger partial charge in [0.2, 0.25) is 0 Å². The van der Waals surface area contributed by atoms with E-state index < -0.39 is 0 Å². The standard InChI is InChI=1S/C20H15N3O4/c24-13-2-3-14(17(25)10-13)20-22-15-11-21-6-5-16(15)23(20)12-1-4-18-19(9-12)27-8-7-26-18/h1-6,9-11,24-25H,7-8H2. The van der Waals surface area contributed by atoms with E-state index >= 15 is 0 Å². The highest BCUT2D eigenvalue weighted by Gasteiger charge is 2.19. The summed E-state index contributed by atoms with van der Waals surface area (Å²) in [4.78, 5) is 8.79. The Bertz CT molecular complexity index is 1170. The summed E-state index contributed by atoms with van der Waals surface area (Å²) < 4.78 is 13.2. The quantitative estimate of drug-likeness (QED) is 0.570. The minimum atomic E-state index is -0.0583. The van der Waals surface area contributed by atoms with Crippen molar-refractivity contribution in [3.8, 4) is 40.1 Å². The smallest absolute Gasteiger partial charge is 0.163 e. The maximum atomic E-state index is 10.4. The lowest BCUT2D eigenvalue weighted by atomic mass is 10.1. The van der Waals surface area contributed by atoms with Crippen LogP contribution in [0.4, 0.5) is 0 Å². The number of aromatic nitrogens is 3. The van der Waals surface area contributed by atoms with Crippen molar-refractivity contribution in [3.63, 3.8) is 0 Å². The first-order valence-corrected chi connectivity index (χ1v) is 8.45. The van der Waals surface area contributed by atoms with Crippen molar-refractivity contribution in [2.24, 2.45) is 0 Å². The van der Waals surface area contributed by atoms with Crippen molar-refractivity contribution in [1.29, 1.82) is 0 Å². The van der Waals surface area contributed by atoms with E-state index in [9.17, 15) is 10.2 Å². The normalized spacial score (nSPS) is 13.0. The number of imidazole rings is 1. The summed E-state index contributed by atoms with van der Waals surface area (Å²) in [5.74, 6) is 1.82. The Morgan fingerprint density at radius 2 is 1.78 bits per heavy atom. The van der Waals surface area contributed by atoms with E-state index in [0.29, 0.717) is 41.6 Å². The molecule has 5 rings (SSSR count). The zero-order valence-electron chi connectivity index (χ0n) is 14.2. The fourth-order valence-electron chi connectivity index (χ4n) is 3.25. The van der Waals surface area contributed by atoms with E-state index in [4.69, 9.17) is 9.47 Å². The molecule has 2 aromatic carbocycles. The molecule has 0 bridgehead atoms. The van der Waals surface area contributed by atoms with Crippen molar-refractivity contribution in [3.05, 3.63) is 54.9 Å². The number of ether oxygens (including phenoxy) is 2. The topological polar surface area (TPSA) is 89.6 Å². The first kappa shape index (κ1) is 15.5. The molecule has 134 valence electrons. The molecule has 0 radical (unpaired) electrons. The van der Waals surface area contributed by atoms with E-state index in [-0.39, 0.29) is 11.5 Å². The maximum absolute atomic E-state index is 10.4. The van der Waals surface area contributed by atoms with Crippen molar-refractivity contribution in [2.45, 2.75) is 0 Å². The molecule has 0 amide bonds. The molecule has 0 unspecified atom stereocenters. The van der Waals surface area contributed by atoms with Crippen LogP contribution in [0.15, 0.2) is 54.9 Å². The van der Waals surface area contributed by atoms with E-state index in [0.717, 1.165) is 11.2 Å². The second-order valence-electron chi connectivity index (χ2n) is 6.16. The van der Waals surface area contributed by atoms with Crippen LogP contribution in [0.25, 0.3) is 28.1 Å². The van der Waals surface area contributed by atoms with Crippen LogP contribution in [-0.4, -0.2) is 38.0 Å². The number of rotatable bonds is 2. The molecule has 2 aromatic heterocycles. The van der Waals surface area contributed by atoms with Gasteiger partial charge in [-0.2, -0.15) is 0 Å². The van der Waals surface area contributed by atoms with Gasteiger partial charge in [0.05, 0.1) is 23.0 Å². The molecule has 0 saturated heterocycles. The van der Waals surface area contributed by atoms with Crippen LogP contribution in [0.1, 0.15) is 0 Å². The molecular formula is C20H15N3O4. The Morgan fingerprint density at radius 3 is 2.63 bits per heavy atom. The second kappa shape index (κ2) is 5.91. The Balaban J connectivity index is 1.78. The van der Waals surface area contributed by atoms with E-state index in [1.54, 1.807) is 18.5 Å². The summed E-state index contributed by atoms with van der Waals surface area (Å²) >= 11 is 0. The molecule has 1 aliphatic heterocycles. The summed E-state index contributed by atoms with van der Waals surface area (Å²) in [6.45, 7) is 1.02. The minimum absolute atomic E-state index is 0.0140. The zero-order chi connectivity index (χ0) is 18.4. The minimum Gasteiger partial charge on any atom is -0.508 e.